The van der Waals surface area contributed by atoms with Crippen LogP contribution in [0.15, 0.2) is 0 Å². The van der Waals surface area contributed by atoms with Crippen LogP contribution in [0, 0.1) is 0 Å². The molecule has 3 fully saturated rings. The van der Waals surface area contributed by atoms with Gasteiger partial charge in [-0.3, -0.25) is 4.90 Å². The molecule has 98 valence electrons. The highest BCUT2D eigenvalue weighted by atomic mass is 32.2. The Morgan fingerprint density at radius 2 is 1.88 bits per heavy atom. The van der Waals surface area contributed by atoms with E-state index in [0.29, 0.717) is 5.75 Å². The molecule has 0 bridgehead atoms. The van der Waals surface area contributed by atoms with Crippen molar-refractivity contribution in [2.24, 2.45) is 0 Å². The summed E-state index contributed by atoms with van der Waals surface area (Å²) in [7, 11) is -2.80. The number of sulfone groups is 1. The Morgan fingerprint density at radius 3 is 2.59 bits per heavy atom. The summed E-state index contributed by atoms with van der Waals surface area (Å²) >= 11 is 0. The maximum absolute atomic E-state index is 12.0. The summed E-state index contributed by atoms with van der Waals surface area (Å²) in [6, 6.07) is 0. The molecule has 2 aliphatic heterocycles. The van der Waals surface area contributed by atoms with E-state index in [4.69, 9.17) is 4.74 Å². The third kappa shape index (κ3) is 1.83. The molecule has 2 unspecified atom stereocenters. The van der Waals surface area contributed by atoms with Gasteiger partial charge in [-0.25, -0.2) is 8.42 Å². The molecule has 4 nitrogen and oxygen atoms in total. The van der Waals surface area contributed by atoms with E-state index in [1.54, 1.807) is 0 Å². The average molecular weight is 259 g/mol. The van der Waals surface area contributed by atoms with Crippen molar-refractivity contribution in [3.8, 4) is 0 Å². The molecule has 5 heteroatoms. The number of rotatable bonds is 1. The van der Waals surface area contributed by atoms with Gasteiger partial charge in [-0.15, -0.1) is 0 Å². The van der Waals surface area contributed by atoms with Crippen LogP contribution in [0.4, 0.5) is 0 Å². The van der Waals surface area contributed by atoms with Gasteiger partial charge in [0.15, 0.2) is 9.84 Å². The van der Waals surface area contributed by atoms with Crippen LogP contribution in [0.5, 0.6) is 0 Å². The van der Waals surface area contributed by atoms with Crippen molar-refractivity contribution in [3.05, 3.63) is 0 Å². The number of morpholine rings is 1. The van der Waals surface area contributed by atoms with Crippen molar-refractivity contribution in [1.82, 2.24) is 4.90 Å². The highest BCUT2D eigenvalue weighted by molar-refractivity contribution is 7.93. The highest BCUT2D eigenvalue weighted by Crippen LogP contribution is 2.46. The second-order valence-electron chi connectivity index (χ2n) is 5.60. The van der Waals surface area contributed by atoms with Gasteiger partial charge in [-0.05, 0) is 12.8 Å². The molecule has 1 saturated carbocycles. The lowest BCUT2D eigenvalue weighted by Crippen LogP contribution is -2.72. The molecule has 3 aliphatic rings. The Hall–Kier alpha value is -0.130. The minimum absolute atomic E-state index is 0.0287. The Morgan fingerprint density at radius 1 is 1.12 bits per heavy atom. The fraction of sp³-hybridized carbons (Fsp3) is 1.00. The van der Waals surface area contributed by atoms with Crippen LogP contribution in [-0.4, -0.2) is 56.2 Å². The first kappa shape index (κ1) is 11.9. The van der Waals surface area contributed by atoms with Gasteiger partial charge in [0, 0.05) is 13.1 Å². The van der Waals surface area contributed by atoms with Crippen molar-refractivity contribution in [2.75, 3.05) is 32.1 Å². The maximum atomic E-state index is 12.0. The number of fused-ring (bicyclic) bond motifs is 1. The molecule has 2 saturated heterocycles. The average Bonchev–Trinajstić information content (AvgIpc) is 2.50. The van der Waals surface area contributed by atoms with Crippen LogP contribution in [0.25, 0.3) is 0 Å². The fourth-order valence-electron chi connectivity index (χ4n) is 3.86. The molecule has 0 amide bonds. The molecule has 0 aromatic heterocycles. The summed E-state index contributed by atoms with van der Waals surface area (Å²) in [4.78, 5) is 2.41. The van der Waals surface area contributed by atoms with Crippen LogP contribution in [-0.2, 0) is 14.6 Å². The Bertz CT molecular complexity index is 389. The summed E-state index contributed by atoms with van der Waals surface area (Å²) in [6.45, 7) is 3.33. The molecule has 3 rings (SSSR count). The molecule has 1 aliphatic carbocycles. The summed E-state index contributed by atoms with van der Waals surface area (Å²) in [5.74, 6) is 0.394. The zero-order valence-corrected chi connectivity index (χ0v) is 11.0. The summed E-state index contributed by atoms with van der Waals surface area (Å²) in [5, 5.41) is -0.0874. The summed E-state index contributed by atoms with van der Waals surface area (Å²) < 4.78 is 29.4. The zero-order chi connectivity index (χ0) is 11.9. The lowest BCUT2D eigenvalue weighted by molar-refractivity contribution is -0.0259. The van der Waals surface area contributed by atoms with Gasteiger partial charge >= 0.3 is 0 Å². The lowest BCUT2D eigenvalue weighted by atomic mass is 9.88. The van der Waals surface area contributed by atoms with E-state index in [1.165, 1.54) is 12.8 Å². The number of ether oxygens (including phenoxy) is 1. The summed E-state index contributed by atoms with van der Waals surface area (Å²) in [6.07, 6.45) is 5.40. The first-order valence-electron chi connectivity index (χ1n) is 6.70. The molecule has 0 aromatic rings. The van der Waals surface area contributed by atoms with Gasteiger partial charge in [0.25, 0.3) is 0 Å². The zero-order valence-electron chi connectivity index (χ0n) is 10.2. The second kappa shape index (κ2) is 4.21. The predicted octanol–water partition coefficient (Wildman–Crippen LogP) is 0.818. The molecular formula is C12H21NO3S. The van der Waals surface area contributed by atoms with Gasteiger partial charge < -0.3 is 4.74 Å². The van der Waals surface area contributed by atoms with Crippen molar-refractivity contribution in [1.29, 1.82) is 0 Å². The van der Waals surface area contributed by atoms with Crippen LogP contribution in [0.2, 0.25) is 0 Å². The summed E-state index contributed by atoms with van der Waals surface area (Å²) in [5.41, 5.74) is -0.0287. The van der Waals surface area contributed by atoms with Crippen molar-refractivity contribution >= 4 is 9.84 Å². The topological polar surface area (TPSA) is 46.6 Å². The molecule has 2 atom stereocenters. The Labute approximate surface area is 103 Å². The van der Waals surface area contributed by atoms with E-state index < -0.39 is 9.84 Å². The molecule has 0 N–H and O–H groups in total. The van der Waals surface area contributed by atoms with Crippen LogP contribution in [0.1, 0.15) is 32.1 Å². The fourth-order valence-corrected chi connectivity index (χ4v) is 6.53. The SMILES string of the molecule is O=S1(=O)CC2(N3CCOCC3)CCCCCC21. The molecule has 0 radical (unpaired) electrons. The smallest absolute Gasteiger partial charge is 0.156 e. The lowest BCUT2D eigenvalue weighted by Gasteiger charge is -2.55. The van der Waals surface area contributed by atoms with Gasteiger partial charge in [0.05, 0.1) is 29.8 Å². The quantitative estimate of drug-likeness (QED) is 0.699. The Kier molecular flexibility index (Phi) is 2.96. The van der Waals surface area contributed by atoms with Crippen LogP contribution < -0.4 is 0 Å². The third-order valence-electron chi connectivity index (χ3n) is 4.70. The van der Waals surface area contributed by atoms with Gasteiger partial charge in [0.1, 0.15) is 0 Å². The first-order chi connectivity index (χ1) is 8.15. The van der Waals surface area contributed by atoms with Crippen molar-refractivity contribution in [2.45, 2.75) is 42.9 Å². The van der Waals surface area contributed by atoms with E-state index in [1.807, 2.05) is 0 Å². The third-order valence-corrected chi connectivity index (χ3v) is 7.14. The molecular weight excluding hydrogens is 238 g/mol. The number of hydrogen-bond acceptors (Lipinski definition) is 4. The number of nitrogens with zero attached hydrogens (tertiary/aromatic N) is 1. The molecule has 0 spiro atoms. The van der Waals surface area contributed by atoms with Crippen LogP contribution >= 0.6 is 0 Å². The van der Waals surface area contributed by atoms with E-state index >= 15 is 0 Å². The van der Waals surface area contributed by atoms with E-state index in [9.17, 15) is 8.42 Å². The van der Waals surface area contributed by atoms with Crippen molar-refractivity contribution < 1.29 is 13.2 Å². The van der Waals surface area contributed by atoms with Gasteiger partial charge in [-0.2, -0.15) is 0 Å². The highest BCUT2D eigenvalue weighted by Gasteiger charge is 2.60. The van der Waals surface area contributed by atoms with E-state index in [2.05, 4.69) is 4.90 Å². The molecule has 2 heterocycles. The largest absolute Gasteiger partial charge is 0.379 e. The molecule has 17 heavy (non-hydrogen) atoms. The van der Waals surface area contributed by atoms with Gasteiger partial charge in [-0.1, -0.05) is 19.3 Å². The second-order valence-corrected chi connectivity index (χ2v) is 7.78. The minimum atomic E-state index is -2.80. The monoisotopic (exact) mass is 259 g/mol. The van der Waals surface area contributed by atoms with Gasteiger partial charge in [0.2, 0.25) is 0 Å². The van der Waals surface area contributed by atoms with E-state index in [-0.39, 0.29) is 10.8 Å². The van der Waals surface area contributed by atoms with Crippen molar-refractivity contribution in [3.63, 3.8) is 0 Å². The molecule has 0 aromatic carbocycles. The Balaban J connectivity index is 1.87. The standard InChI is InChI=1S/C12H21NO3S/c14-17(15)10-12(13-6-8-16-9-7-13)5-3-1-2-4-11(12)17/h11H,1-10H2. The maximum Gasteiger partial charge on any atom is 0.156 e. The minimum Gasteiger partial charge on any atom is -0.379 e. The normalized spacial score (nSPS) is 42.2. The first-order valence-corrected chi connectivity index (χ1v) is 8.41. The predicted molar refractivity (Wildman–Crippen MR) is 65.8 cm³/mol. The van der Waals surface area contributed by atoms with Crippen LogP contribution in [0.3, 0.4) is 0 Å². The van der Waals surface area contributed by atoms with E-state index in [0.717, 1.165) is 45.6 Å². The number of hydrogen-bond donors (Lipinski definition) is 0.